The second kappa shape index (κ2) is 14.2. The molecule has 0 radical (unpaired) electrons. The van der Waals surface area contributed by atoms with E-state index < -0.39 is 24.0 Å². The van der Waals surface area contributed by atoms with Gasteiger partial charge >= 0.3 is 0 Å². The second-order valence-electron chi connectivity index (χ2n) is 9.01. The Morgan fingerprint density at radius 3 is 2.46 bits per heavy atom. The molecular formula is C32H27Cl2N3O4. The lowest BCUT2D eigenvalue weighted by atomic mass is 10.0. The third-order valence-corrected chi connectivity index (χ3v) is 6.62. The van der Waals surface area contributed by atoms with Gasteiger partial charge in [0.15, 0.2) is 6.10 Å². The van der Waals surface area contributed by atoms with Gasteiger partial charge in [0.05, 0.1) is 11.2 Å². The average Bonchev–Trinajstić information content (AvgIpc) is 2.98. The van der Waals surface area contributed by atoms with E-state index in [0.29, 0.717) is 22.1 Å². The Labute approximate surface area is 248 Å². The number of hydrogen-bond acceptors (Lipinski definition) is 5. The van der Waals surface area contributed by atoms with Crippen LogP contribution in [-0.4, -0.2) is 36.8 Å². The number of rotatable bonds is 11. The van der Waals surface area contributed by atoms with Crippen molar-refractivity contribution in [1.82, 2.24) is 10.7 Å². The van der Waals surface area contributed by atoms with Crippen molar-refractivity contribution in [3.8, 4) is 23.8 Å². The summed E-state index contributed by atoms with van der Waals surface area (Å²) in [5.41, 5.74) is 4.06. The summed E-state index contributed by atoms with van der Waals surface area (Å²) >= 11 is 12.1. The van der Waals surface area contributed by atoms with Crippen LogP contribution in [0.5, 0.6) is 11.5 Å². The van der Waals surface area contributed by atoms with Crippen LogP contribution < -0.4 is 20.2 Å². The van der Waals surface area contributed by atoms with Gasteiger partial charge in [-0.1, -0.05) is 89.8 Å². The fourth-order valence-electron chi connectivity index (χ4n) is 4.06. The lowest BCUT2D eigenvalue weighted by molar-refractivity contribution is -0.132. The molecule has 9 heteroatoms. The number of ether oxygens (including phenoxy) is 2. The van der Waals surface area contributed by atoms with Crippen molar-refractivity contribution in [3.63, 3.8) is 0 Å². The van der Waals surface area contributed by atoms with Crippen molar-refractivity contribution < 1.29 is 19.1 Å². The SMILES string of the molecule is C#CCOc1ccc2ccccc2c1/C=N\NC(=O)[C@H](Cc1ccccc1)NC(=O)[C@@H](C)Oc1ccc(Cl)cc1Cl. The van der Waals surface area contributed by atoms with Crippen LogP contribution >= 0.6 is 23.2 Å². The standard InChI is InChI=1S/C32H27Cl2N3O4/c1-3-17-40-29-15-13-23-11-7-8-12-25(23)26(29)20-35-37-32(39)28(18-22-9-5-4-6-10-22)36-31(38)21(2)41-30-16-14-24(33)19-27(30)34/h1,4-16,19-21,28H,17-18H2,2H3,(H,36,38)(H,37,39)/b35-20-/t21-,28+/m1/s1. The number of terminal acetylenes is 1. The van der Waals surface area contributed by atoms with E-state index in [4.69, 9.17) is 39.1 Å². The van der Waals surface area contributed by atoms with Crippen LogP contribution in [0.2, 0.25) is 10.0 Å². The topological polar surface area (TPSA) is 89.0 Å². The molecule has 0 heterocycles. The number of carbonyl (C=O) groups excluding carboxylic acids is 2. The first-order valence-electron chi connectivity index (χ1n) is 12.7. The van der Waals surface area contributed by atoms with E-state index in [-0.39, 0.29) is 18.1 Å². The maximum atomic E-state index is 13.3. The molecule has 208 valence electrons. The molecule has 2 amide bonds. The molecule has 41 heavy (non-hydrogen) atoms. The zero-order valence-corrected chi connectivity index (χ0v) is 23.7. The summed E-state index contributed by atoms with van der Waals surface area (Å²) in [6.07, 6.45) is 6.15. The molecule has 0 aliphatic heterocycles. The predicted molar refractivity (Wildman–Crippen MR) is 163 cm³/mol. The molecule has 4 aromatic rings. The van der Waals surface area contributed by atoms with Crippen molar-refractivity contribution in [2.24, 2.45) is 5.10 Å². The molecule has 0 aliphatic carbocycles. The van der Waals surface area contributed by atoms with Gasteiger partial charge < -0.3 is 14.8 Å². The fraction of sp³-hybridized carbons (Fsp3) is 0.156. The van der Waals surface area contributed by atoms with Gasteiger partial charge in [0.25, 0.3) is 11.8 Å². The molecule has 4 aromatic carbocycles. The number of benzene rings is 4. The molecule has 0 spiro atoms. The molecule has 0 aromatic heterocycles. The number of nitrogens with one attached hydrogen (secondary N) is 2. The summed E-state index contributed by atoms with van der Waals surface area (Å²) in [4.78, 5) is 26.4. The molecule has 0 fully saturated rings. The quantitative estimate of drug-likeness (QED) is 0.132. The number of amides is 2. The summed E-state index contributed by atoms with van der Waals surface area (Å²) in [6.45, 7) is 1.65. The Kier molecular flexibility index (Phi) is 10.2. The Bertz CT molecular complexity index is 1600. The normalized spacial score (nSPS) is 12.3. The summed E-state index contributed by atoms with van der Waals surface area (Å²) in [5, 5.41) is 9.52. The highest BCUT2D eigenvalue weighted by molar-refractivity contribution is 6.35. The predicted octanol–water partition coefficient (Wildman–Crippen LogP) is 5.80. The maximum absolute atomic E-state index is 13.3. The van der Waals surface area contributed by atoms with E-state index in [1.807, 2.05) is 60.7 Å². The molecule has 2 atom stereocenters. The van der Waals surface area contributed by atoms with Gasteiger partial charge in [-0.2, -0.15) is 5.10 Å². The first-order chi connectivity index (χ1) is 19.9. The van der Waals surface area contributed by atoms with Crippen LogP contribution in [0.1, 0.15) is 18.1 Å². The third-order valence-electron chi connectivity index (χ3n) is 6.09. The van der Waals surface area contributed by atoms with Crippen LogP contribution in [0.25, 0.3) is 10.8 Å². The van der Waals surface area contributed by atoms with Gasteiger partial charge in [0.1, 0.15) is 24.1 Å². The van der Waals surface area contributed by atoms with Crippen LogP contribution in [0.15, 0.2) is 90.0 Å². The molecule has 0 saturated carbocycles. The van der Waals surface area contributed by atoms with Gasteiger partial charge in [-0.15, -0.1) is 6.42 Å². The van der Waals surface area contributed by atoms with Crippen molar-refractivity contribution in [2.75, 3.05) is 6.61 Å². The number of nitrogens with zero attached hydrogens (tertiary/aromatic N) is 1. The third kappa shape index (κ3) is 8.01. The molecule has 7 nitrogen and oxygen atoms in total. The van der Waals surface area contributed by atoms with Crippen molar-refractivity contribution in [2.45, 2.75) is 25.5 Å². The van der Waals surface area contributed by atoms with Crippen LogP contribution in [0.3, 0.4) is 0 Å². The molecule has 0 aliphatic rings. The van der Waals surface area contributed by atoms with Crippen LogP contribution in [-0.2, 0) is 16.0 Å². The minimum atomic E-state index is -0.949. The lowest BCUT2D eigenvalue weighted by Crippen LogP contribution is -2.50. The molecular weight excluding hydrogens is 561 g/mol. The highest BCUT2D eigenvalue weighted by Gasteiger charge is 2.25. The Balaban J connectivity index is 1.51. The molecule has 0 bridgehead atoms. The fourth-order valence-corrected chi connectivity index (χ4v) is 4.51. The van der Waals surface area contributed by atoms with E-state index >= 15 is 0 Å². The molecule has 0 saturated heterocycles. The van der Waals surface area contributed by atoms with Gasteiger partial charge in [0, 0.05) is 17.0 Å². The number of halogens is 2. The largest absolute Gasteiger partial charge is 0.480 e. The van der Waals surface area contributed by atoms with Gasteiger partial charge in [-0.3, -0.25) is 9.59 Å². The van der Waals surface area contributed by atoms with E-state index in [1.165, 1.54) is 12.3 Å². The maximum Gasteiger partial charge on any atom is 0.262 e. The van der Waals surface area contributed by atoms with Crippen molar-refractivity contribution in [3.05, 3.63) is 106 Å². The van der Waals surface area contributed by atoms with E-state index in [1.54, 1.807) is 25.1 Å². The Hall–Kier alpha value is -4.51. The highest BCUT2D eigenvalue weighted by atomic mass is 35.5. The summed E-state index contributed by atoms with van der Waals surface area (Å²) in [6, 6.07) is 24.5. The van der Waals surface area contributed by atoms with Crippen LogP contribution in [0.4, 0.5) is 0 Å². The molecule has 4 rings (SSSR count). The first kappa shape index (κ1) is 29.5. The van der Waals surface area contributed by atoms with Gasteiger partial charge in [0.2, 0.25) is 0 Å². The second-order valence-corrected chi connectivity index (χ2v) is 9.85. The minimum Gasteiger partial charge on any atom is -0.480 e. The van der Waals surface area contributed by atoms with Crippen molar-refractivity contribution in [1.29, 1.82) is 0 Å². The monoisotopic (exact) mass is 587 g/mol. The zero-order valence-electron chi connectivity index (χ0n) is 22.1. The number of carbonyl (C=O) groups is 2. The molecule has 2 N–H and O–H groups in total. The minimum absolute atomic E-state index is 0.0816. The van der Waals surface area contributed by atoms with Crippen LogP contribution in [0, 0.1) is 12.3 Å². The Morgan fingerprint density at radius 1 is 0.976 bits per heavy atom. The van der Waals surface area contributed by atoms with Crippen molar-refractivity contribution >= 4 is 52.0 Å². The van der Waals surface area contributed by atoms with Gasteiger partial charge in [-0.05, 0) is 47.5 Å². The smallest absolute Gasteiger partial charge is 0.262 e. The van der Waals surface area contributed by atoms with E-state index in [2.05, 4.69) is 21.8 Å². The number of hydrazone groups is 1. The van der Waals surface area contributed by atoms with E-state index in [9.17, 15) is 9.59 Å². The Morgan fingerprint density at radius 2 is 1.71 bits per heavy atom. The van der Waals surface area contributed by atoms with Gasteiger partial charge in [-0.25, -0.2) is 5.43 Å². The number of fused-ring (bicyclic) bond motifs is 1. The number of hydrogen-bond donors (Lipinski definition) is 2. The molecule has 0 unspecified atom stereocenters. The zero-order chi connectivity index (χ0) is 29.2. The highest BCUT2D eigenvalue weighted by Crippen LogP contribution is 2.29. The summed E-state index contributed by atoms with van der Waals surface area (Å²) in [5.74, 6) is 2.26. The average molecular weight is 588 g/mol. The lowest BCUT2D eigenvalue weighted by Gasteiger charge is -2.21. The summed E-state index contributed by atoms with van der Waals surface area (Å²) in [7, 11) is 0. The first-order valence-corrected chi connectivity index (χ1v) is 13.5. The van der Waals surface area contributed by atoms with E-state index in [0.717, 1.165) is 16.3 Å². The summed E-state index contributed by atoms with van der Waals surface area (Å²) < 4.78 is 11.4.